The van der Waals surface area contributed by atoms with E-state index in [-0.39, 0.29) is 5.92 Å². The number of methoxy groups -OCH3 is 1. The van der Waals surface area contributed by atoms with E-state index in [4.69, 9.17) is 4.74 Å². The van der Waals surface area contributed by atoms with Crippen LogP contribution in [0.2, 0.25) is 0 Å². The fourth-order valence-corrected chi connectivity index (χ4v) is 2.20. The molecule has 2 aromatic rings. The van der Waals surface area contributed by atoms with Gasteiger partial charge in [0.15, 0.2) is 0 Å². The highest BCUT2D eigenvalue weighted by Crippen LogP contribution is 2.32. The number of carbonyl (C=O) groups is 1. The summed E-state index contributed by atoms with van der Waals surface area (Å²) in [5.41, 5.74) is 3.00. The van der Waals surface area contributed by atoms with Crippen LogP contribution in [0.5, 0.6) is 5.75 Å². The Morgan fingerprint density at radius 2 is 1.78 bits per heavy atom. The molecule has 92 valence electrons. The Balaban J connectivity index is 2.55. The summed E-state index contributed by atoms with van der Waals surface area (Å²) in [6.45, 7) is 2.00. The molecule has 0 amide bonds. The first kappa shape index (κ1) is 12.4. The predicted octanol–water partition coefficient (Wildman–Crippen LogP) is 3.33. The van der Waals surface area contributed by atoms with Gasteiger partial charge in [0.2, 0.25) is 0 Å². The van der Waals surface area contributed by atoms with E-state index in [0.29, 0.717) is 0 Å². The molecule has 1 atom stereocenters. The fraction of sp³-hybridized carbons (Fsp3) is 0.188. The van der Waals surface area contributed by atoms with Crippen LogP contribution >= 0.6 is 0 Å². The van der Waals surface area contributed by atoms with Gasteiger partial charge in [0.05, 0.1) is 13.0 Å². The number of benzene rings is 2. The Labute approximate surface area is 107 Å². The summed E-state index contributed by atoms with van der Waals surface area (Å²) < 4.78 is 5.37. The second kappa shape index (κ2) is 5.50. The average Bonchev–Trinajstić information content (AvgIpc) is 2.42. The molecule has 18 heavy (non-hydrogen) atoms. The second-order valence-electron chi connectivity index (χ2n) is 4.22. The molecule has 0 aliphatic heterocycles. The highest BCUT2D eigenvalue weighted by Gasteiger charge is 2.19. The van der Waals surface area contributed by atoms with Gasteiger partial charge < -0.3 is 9.53 Å². The molecule has 0 saturated heterocycles. The molecule has 2 rings (SSSR count). The van der Waals surface area contributed by atoms with Gasteiger partial charge in [-0.15, -0.1) is 0 Å². The van der Waals surface area contributed by atoms with E-state index in [1.807, 2.05) is 55.5 Å². The van der Waals surface area contributed by atoms with E-state index in [2.05, 4.69) is 0 Å². The Morgan fingerprint density at radius 1 is 1.06 bits per heavy atom. The molecule has 1 unspecified atom stereocenters. The van der Waals surface area contributed by atoms with Crippen molar-refractivity contribution in [3.63, 3.8) is 0 Å². The summed E-state index contributed by atoms with van der Waals surface area (Å²) in [7, 11) is 1.63. The summed E-state index contributed by atoms with van der Waals surface area (Å²) in [6.07, 6.45) is 0.972. The molecule has 0 aliphatic rings. The topological polar surface area (TPSA) is 26.3 Å². The van der Waals surface area contributed by atoms with Crippen LogP contribution < -0.4 is 4.74 Å². The van der Waals surface area contributed by atoms with E-state index in [9.17, 15) is 4.79 Å². The Morgan fingerprint density at radius 3 is 2.39 bits per heavy atom. The Bertz CT molecular complexity index is 532. The average molecular weight is 240 g/mol. The van der Waals surface area contributed by atoms with Crippen molar-refractivity contribution in [3.05, 3.63) is 65.2 Å². The highest BCUT2D eigenvalue weighted by atomic mass is 16.5. The van der Waals surface area contributed by atoms with E-state index in [1.165, 1.54) is 0 Å². The van der Waals surface area contributed by atoms with Crippen molar-refractivity contribution < 1.29 is 9.53 Å². The lowest BCUT2D eigenvalue weighted by Gasteiger charge is -2.17. The quantitative estimate of drug-likeness (QED) is 0.766. The Hall–Kier alpha value is -2.09. The predicted molar refractivity (Wildman–Crippen MR) is 72.1 cm³/mol. The van der Waals surface area contributed by atoms with E-state index >= 15 is 0 Å². The zero-order chi connectivity index (χ0) is 13.0. The Kier molecular flexibility index (Phi) is 3.78. The van der Waals surface area contributed by atoms with Gasteiger partial charge in [-0.05, 0) is 24.1 Å². The molecule has 2 aromatic carbocycles. The number of rotatable bonds is 4. The summed E-state index contributed by atoms with van der Waals surface area (Å²) in [5, 5.41) is 0. The van der Waals surface area contributed by atoms with Gasteiger partial charge in [0.25, 0.3) is 0 Å². The molecule has 0 radical (unpaired) electrons. The molecule has 0 bridgehead atoms. The number of hydrogen-bond donors (Lipinski definition) is 0. The zero-order valence-electron chi connectivity index (χ0n) is 10.6. The zero-order valence-corrected chi connectivity index (χ0v) is 10.6. The lowest BCUT2D eigenvalue weighted by Crippen LogP contribution is -2.06. The van der Waals surface area contributed by atoms with Crippen LogP contribution in [0.4, 0.5) is 0 Å². The fourth-order valence-electron chi connectivity index (χ4n) is 2.20. The molecule has 0 saturated carbocycles. The van der Waals surface area contributed by atoms with E-state index < -0.39 is 0 Å². The largest absolute Gasteiger partial charge is 0.496 e. The molecular formula is C16H16O2. The van der Waals surface area contributed by atoms with Crippen molar-refractivity contribution in [2.24, 2.45) is 0 Å². The maximum Gasteiger partial charge on any atom is 0.132 e. The van der Waals surface area contributed by atoms with Gasteiger partial charge in [-0.25, -0.2) is 0 Å². The van der Waals surface area contributed by atoms with Crippen molar-refractivity contribution in [3.8, 4) is 5.75 Å². The van der Waals surface area contributed by atoms with Crippen molar-refractivity contribution in [2.75, 3.05) is 7.11 Å². The summed E-state index contributed by atoms with van der Waals surface area (Å²) in [6, 6.07) is 15.6. The molecule has 2 heteroatoms. The van der Waals surface area contributed by atoms with Crippen LogP contribution in [0.1, 0.15) is 22.6 Å². The number of aldehydes is 1. The van der Waals surface area contributed by atoms with Crippen molar-refractivity contribution in [1.82, 2.24) is 0 Å². The molecule has 0 fully saturated rings. The first-order valence-corrected chi connectivity index (χ1v) is 5.91. The lowest BCUT2D eigenvalue weighted by molar-refractivity contribution is -0.108. The van der Waals surface area contributed by atoms with Crippen LogP contribution in [-0.2, 0) is 4.79 Å². The number of aryl methyl sites for hydroxylation is 1. The number of carbonyl (C=O) groups excluding carboxylic acids is 1. The molecule has 0 aromatic heterocycles. The van der Waals surface area contributed by atoms with Crippen LogP contribution in [0.3, 0.4) is 0 Å². The van der Waals surface area contributed by atoms with Gasteiger partial charge in [-0.1, -0.05) is 42.5 Å². The third kappa shape index (κ3) is 2.28. The van der Waals surface area contributed by atoms with Gasteiger partial charge >= 0.3 is 0 Å². The molecule has 0 N–H and O–H groups in total. The number of ether oxygens (including phenoxy) is 1. The molecule has 0 spiro atoms. The highest BCUT2D eigenvalue weighted by molar-refractivity contribution is 5.71. The second-order valence-corrected chi connectivity index (χ2v) is 4.22. The van der Waals surface area contributed by atoms with Gasteiger partial charge in [0.1, 0.15) is 12.0 Å². The summed E-state index contributed by atoms with van der Waals surface area (Å²) in [4.78, 5) is 11.5. The molecule has 0 aliphatic carbocycles. The first-order valence-electron chi connectivity index (χ1n) is 5.91. The van der Waals surface area contributed by atoms with E-state index in [0.717, 1.165) is 28.7 Å². The van der Waals surface area contributed by atoms with Gasteiger partial charge in [-0.2, -0.15) is 0 Å². The SMILES string of the molecule is COc1cccc(C)c1C(C=O)c1ccccc1. The minimum atomic E-state index is -0.276. The molecule has 2 nitrogen and oxygen atoms in total. The van der Waals surface area contributed by atoms with E-state index in [1.54, 1.807) is 7.11 Å². The van der Waals surface area contributed by atoms with Gasteiger partial charge in [0, 0.05) is 5.56 Å². The minimum Gasteiger partial charge on any atom is -0.496 e. The molecular weight excluding hydrogens is 224 g/mol. The summed E-state index contributed by atoms with van der Waals surface area (Å²) >= 11 is 0. The minimum absolute atomic E-state index is 0.276. The lowest BCUT2D eigenvalue weighted by atomic mass is 9.89. The molecule has 0 heterocycles. The third-order valence-electron chi connectivity index (χ3n) is 3.11. The van der Waals surface area contributed by atoms with Crippen LogP contribution in [0.15, 0.2) is 48.5 Å². The summed E-state index contributed by atoms with van der Waals surface area (Å²) in [5.74, 6) is 0.485. The third-order valence-corrected chi connectivity index (χ3v) is 3.11. The maximum atomic E-state index is 11.5. The maximum absolute atomic E-state index is 11.5. The normalized spacial score (nSPS) is 11.9. The smallest absolute Gasteiger partial charge is 0.132 e. The van der Waals surface area contributed by atoms with Crippen LogP contribution in [0, 0.1) is 6.92 Å². The standard InChI is InChI=1S/C16H16O2/c1-12-7-6-10-15(18-2)16(12)14(11-17)13-8-4-3-5-9-13/h3-11,14H,1-2H3. The van der Waals surface area contributed by atoms with Crippen LogP contribution in [-0.4, -0.2) is 13.4 Å². The van der Waals surface area contributed by atoms with Gasteiger partial charge in [-0.3, -0.25) is 0 Å². The number of hydrogen-bond acceptors (Lipinski definition) is 2. The van der Waals surface area contributed by atoms with Crippen molar-refractivity contribution in [2.45, 2.75) is 12.8 Å². The van der Waals surface area contributed by atoms with Crippen LogP contribution in [0.25, 0.3) is 0 Å². The van der Waals surface area contributed by atoms with Crippen molar-refractivity contribution in [1.29, 1.82) is 0 Å². The first-order chi connectivity index (χ1) is 8.77. The monoisotopic (exact) mass is 240 g/mol. The van der Waals surface area contributed by atoms with Crippen molar-refractivity contribution >= 4 is 6.29 Å².